The first-order valence-electron chi connectivity index (χ1n) is 10.3. The Morgan fingerprint density at radius 1 is 1.00 bits per heavy atom. The molecule has 3 aromatic rings. The molecule has 1 aliphatic heterocycles. The van der Waals surface area contributed by atoms with E-state index in [9.17, 15) is 13.2 Å². The summed E-state index contributed by atoms with van der Waals surface area (Å²) in [7, 11) is -2.98. The lowest BCUT2D eigenvalue weighted by molar-refractivity contribution is 0.0609. The highest BCUT2D eigenvalue weighted by Gasteiger charge is 2.24. The SMILES string of the molecule is CS(=O)(=O)CCN1CCN(C(=O)c2ccc(COc3cccc4ccccc34)o2)CC1. The molecule has 1 aromatic heterocycles. The summed E-state index contributed by atoms with van der Waals surface area (Å²) in [5, 5.41) is 2.13. The Morgan fingerprint density at radius 2 is 1.74 bits per heavy atom. The maximum atomic E-state index is 12.8. The molecule has 0 aliphatic carbocycles. The number of sulfone groups is 1. The van der Waals surface area contributed by atoms with Crippen molar-refractivity contribution in [2.75, 3.05) is 44.7 Å². The lowest BCUT2D eigenvalue weighted by Crippen LogP contribution is -2.49. The molecule has 164 valence electrons. The van der Waals surface area contributed by atoms with Crippen LogP contribution in [-0.4, -0.2) is 68.9 Å². The van der Waals surface area contributed by atoms with E-state index in [0.29, 0.717) is 44.2 Å². The molecule has 7 nitrogen and oxygen atoms in total. The summed E-state index contributed by atoms with van der Waals surface area (Å²) in [5.74, 6) is 1.63. The summed E-state index contributed by atoms with van der Waals surface area (Å²) in [6.07, 6.45) is 1.24. The highest BCUT2D eigenvalue weighted by Crippen LogP contribution is 2.26. The second kappa shape index (κ2) is 9.11. The van der Waals surface area contributed by atoms with Crippen LogP contribution in [0.3, 0.4) is 0 Å². The van der Waals surface area contributed by atoms with Gasteiger partial charge in [-0.05, 0) is 23.6 Å². The van der Waals surface area contributed by atoms with Gasteiger partial charge in [-0.3, -0.25) is 9.69 Å². The van der Waals surface area contributed by atoms with Gasteiger partial charge in [-0.15, -0.1) is 0 Å². The number of piperazine rings is 1. The third kappa shape index (κ3) is 5.45. The molecule has 0 spiro atoms. The van der Waals surface area contributed by atoms with Crippen LogP contribution >= 0.6 is 0 Å². The van der Waals surface area contributed by atoms with Crippen molar-refractivity contribution < 1.29 is 22.4 Å². The van der Waals surface area contributed by atoms with Gasteiger partial charge in [0, 0.05) is 44.4 Å². The Bertz CT molecular complexity index is 1160. The molecule has 1 amide bonds. The number of hydrogen-bond acceptors (Lipinski definition) is 6. The van der Waals surface area contributed by atoms with Crippen LogP contribution in [0.4, 0.5) is 0 Å². The van der Waals surface area contributed by atoms with Crippen LogP contribution in [0.2, 0.25) is 0 Å². The summed E-state index contributed by atoms with van der Waals surface area (Å²) < 4.78 is 34.3. The van der Waals surface area contributed by atoms with Gasteiger partial charge in [-0.25, -0.2) is 8.42 Å². The third-order valence-electron chi connectivity index (χ3n) is 5.43. The predicted molar refractivity (Wildman–Crippen MR) is 119 cm³/mol. The number of hydrogen-bond donors (Lipinski definition) is 0. The van der Waals surface area contributed by atoms with E-state index in [1.807, 2.05) is 42.5 Å². The Morgan fingerprint density at radius 3 is 2.52 bits per heavy atom. The number of rotatable bonds is 7. The first-order chi connectivity index (χ1) is 14.9. The molecule has 1 aliphatic rings. The number of carbonyl (C=O) groups excluding carboxylic acids is 1. The van der Waals surface area contributed by atoms with Crippen molar-refractivity contribution in [2.24, 2.45) is 0 Å². The van der Waals surface area contributed by atoms with Crippen molar-refractivity contribution in [3.05, 3.63) is 66.1 Å². The molecule has 8 heteroatoms. The van der Waals surface area contributed by atoms with Gasteiger partial charge in [0.05, 0.1) is 5.75 Å². The van der Waals surface area contributed by atoms with E-state index in [4.69, 9.17) is 9.15 Å². The molecule has 0 N–H and O–H groups in total. The van der Waals surface area contributed by atoms with Crippen LogP contribution in [0.25, 0.3) is 10.8 Å². The molecule has 0 atom stereocenters. The zero-order valence-corrected chi connectivity index (χ0v) is 18.3. The van der Waals surface area contributed by atoms with Crippen LogP contribution in [0, 0.1) is 0 Å². The molecule has 0 saturated carbocycles. The van der Waals surface area contributed by atoms with E-state index in [1.54, 1.807) is 17.0 Å². The monoisotopic (exact) mass is 442 g/mol. The zero-order valence-electron chi connectivity index (χ0n) is 17.5. The van der Waals surface area contributed by atoms with E-state index in [2.05, 4.69) is 4.90 Å². The van der Waals surface area contributed by atoms with Crippen LogP contribution in [0.1, 0.15) is 16.3 Å². The summed E-state index contributed by atoms with van der Waals surface area (Å²) in [6.45, 7) is 3.13. The van der Waals surface area contributed by atoms with Crippen LogP contribution in [-0.2, 0) is 16.4 Å². The van der Waals surface area contributed by atoms with Crippen LogP contribution < -0.4 is 4.74 Å². The second-order valence-electron chi connectivity index (χ2n) is 7.80. The number of nitrogens with zero attached hydrogens (tertiary/aromatic N) is 2. The first kappa shape index (κ1) is 21.4. The largest absolute Gasteiger partial charge is 0.485 e. The lowest BCUT2D eigenvalue weighted by atomic mass is 10.1. The quantitative estimate of drug-likeness (QED) is 0.560. The van der Waals surface area contributed by atoms with Crippen molar-refractivity contribution in [1.82, 2.24) is 9.80 Å². The molecular weight excluding hydrogens is 416 g/mol. The Hall–Kier alpha value is -2.84. The van der Waals surface area contributed by atoms with Crippen LogP contribution in [0.15, 0.2) is 59.0 Å². The van der Waals surface area contributed by atoms with Gasteiger partial charge in [0.2, 0.25) is 0 Å². The average Bonchev–Trinajstić information content (AvgIpc) is 3.25. The second-order valence-corrected chi connectivity index (χ2v) is 10.1. The van der Waals surface area contributed by atoms with Crippen molar-refractivity contribution in [3.8, 4) is 5.75 Å². The Kier molecular flexibility index (Phi) is 6.29. The summed E-state index contributed by atoms with van der Waals surface area (Å²) >= 11 is 0. The van der Waals surface area contributed by atoms with Crippen LogP contribution in [0.5, 0.6) is 5.75 Å². The average molecular weight is 443 g/mol. The number of benzene rings is 2. The molecule has 4 rings (SSSR count). The fraction of sp³-hybridized carbons (Fsp3) is 0.348. The topological polar surface area (TPSA) is 80.1 Å². The number of furan rings is 1. The number of carbonyl (C=O) groups is 1. The van der Waals surface area contributed by atoms with E-state index < -0.39 is 9.84 Å². The summed E-state index contributed by atoms with van der Waals surface area (Å²) in [6, 6.07) is 17.4. The van der Waals surface area contributed by atoms with Gasteiger partial charge in [-0.2, -0.15) is 0 Å². The molecule has 0 radical (unpaired) electrons. The van der Waals surface area contributed by atoms with E-state index in [0.717, 1.165) is 16.5 Å². The molecule has 2 aromatic carbocycles. The maximum Gasteiger partial charge on any atom is 0.289 e. The lowest BCUT2D eigenvalue weighted by Gasteiger charge is -2.34. The van der Waals surface area contributed by atoms with E-state index in [-0.39, 0.29) is 18.3 Å². The summed E-state index contributed by atoms with van der Waals surface area (Å²) in [4.78, 5) is 16.6. The third-order valence-corrected chi connectivity index (χ3v) is 6.35. The van der Waals surface area contributed by atoms with Gasteiger partial charge in [-0.1, -0.05) is 36.4 Å². The minimum absolute atomic E-state index is 0.138. The van der Waals surface area contributed by atoms with Gasteiger partial charge in [0.1, 0.15) is 28.0 Å². The fourth-order valence-corrected chi connectivity index (χ4v) is 4.26. The zero-order chi connectivity index (χ0) is 21.8. The normalized spacial score (nSPS) is 15.3. The molecular formula is C23H26N2O5S. The van der Waals surface area contributed by atoms with E-state index in [1.165, 1.54) is 6.26 Å². The molecule has 2 heterocycles. The molecule has 0 bridgehead atoms. The number of amides is 1. The first-order valence-corrected chi connectivity index (χ1v) is 12.3. The van der Waals surface area contributed by atoms with Gasteiger partial charge in [0.15, 0.2) is 5.76 Å². The van der Waals surface area contributed by atoms with E-state index >= 15 is 0 Å². The minimum atomic E-state index is -2.98. The van der Waals surface area contributed by atoms with Crippen molar-refractivity contribution in [3.63, 3.8) is 0 Å². The summed E-state index contributed by atoms with van der Waals surface area (Å²) in [5.41, 5.74) is 0. The Labute approximate surface area is 182 Å². The smallest absolute Gasteiger partial charge is 0.289 e. The van der Waals surface area contributed by atoms with Gasteiger partial charge < -0.3 is 14.1 Å². The minimum Gasteiger partial charge on any atom is -0.485 e. The molecule has 31 heavy (non-hydrogen) atoms. The standard InChI is InChI=1S/C23H26N2O5S/c1-31(27,28)16-15-24-11-13-25(14-12-24)23(26)22-10-9-19(30-22)17-29-21-8-4-6-18-5-2-3-7-20(18)21/h2-10H,11-17H2,1H3. The number of fused-ring (bicyclic) bond motifs is 1. The molecule has 1 fully saturated rings. The predicted octanol–water partition coefficient (Wildman–Crippen LogP) is 2.81. The van der Waals surface area contributed by atoms with Gasteiger partial charge >= 0.3 is 0 Å². The van der Waals surface area contributed by atoms with Crippen molar-refractivity contribution in [1.29, 1.82) is 0 Å². The maximum absolute atomic E-state index is 12.8. The van der Waals surface area contributed by atoms with Gasteiger partial charge in [0.25, 0.3) is 5.91 Å². The fourth-order valence-electron chi connectivity index (χ4n) is 3.67. The highest BCUT2D eigenvalue weighted by molar-refractivity contribution is 7.90. The molecule has 0 unspecified atom stereocenters. The molecule has 1 saturated heterocycles. The van der Waals surface area contributed by atoms with Crippen molar-refractivity contribution in [2.45, 2.75) is 6.61 Å². The number of ether oxygens (including phenoxy) is 1. The highest BCUT2D eigenvalue weighted by atomic mass is 32.2. The van der Waals surface area contributed by atoms with Crippen molar-refractivity contribution >= 4 is 26.5 Å². The Balaban J connectivity index is 1.32.